The summed E-state index contributed by atoms with van der Waals surface area (Å²) in [5.74, 6) is 1.95. The Kier molecular flexibility index (Phi) is 7.19. The molecular weight excluding hydrogens is 419 g/mol. The van der Waals surface area contributed by atoms with Gasteiger partial charge in [-0.2, -0.15) is 0 Å². The first-order chi connectivity index (χ1) is 11.3. The van der Waals surface area contributed by atoms with E-state index in [1.165, 1.54) is 0 Å². The van der Waals surface area contributed by atoms with Crippen molar-refractivity contribution in [1.82, 2.24) is 9.97 Å². The van der Waals surface area contributed by atoms with Gasteiger partial charge in [0.2, 0.25) is 0 Å². The van der Waals surface area contributed by atoms with Gasteiger partial charge in [0.25, 0.3) is 0 Å². The topological polar surface area (TPSA) is 88.7 Å². The average molecular weight is 440 g/mol. The summed E-state index contributed by atoms with van der Waals surface area (Å²) in [6.45, 7) is 3.63. The first-order valence-corrected chi connectivity index (χ1v) is 7.58. The van der Waals surface area contributed by atoms with Gasteiger partial charge in [-0.25, -0.2) is 15.0 Å². The molecule has 0 atom stereocenters. The Morgan fingerprint density at radius 1 is 1.21 bits per heavy atom. The number of nitrogens with one attached hydrogen (secondary N) is 1. The van der Waals surface area contributed by atoms with Gasteiger partial charge < -0.3 is 20.7 Å². The number of aromatic nitrogens is 2. The van der Waals surface area contributed by atoms with E-state index < -0.39 is 0 Å². The molecule has 1 aliphatic rings. The highest BCUT2D eigenvalue weighted by molar-refractivity contribution is 14.0. The number of halogens is 1. The minimum atomic E-state index is 0. The van der Waals surface area contributed by atoms with Crippen LogP contribution >= 0.6 is 24.0 Å². The smallest absolute Gasteiger partial charge is 0.194 e. The van der Waals surface area contributed by atoms with E-state index in [1.807, 2.05) is 36.4 Å². The summed E-state index contributed by atoms with van der Waals surface area (Å²) in [5.41, 5.74) is 6.75. The van der Waals surface area contributed by atoms with Gasteiger partial charge in [0.15, 0.2) is 5.96 Å². The molecule has 3 rings (SSSR count). The molecule has 0 bridgehead atoms. The van der Waals surface area contributed by atoms with E-state index >= 15 is 0 Å². The summed E-state index contributed by atoms with van der Waals surface area (Å²) in [6.07, 6.45) is 1.70. The molecule has 0 saturated carbocycles. The van der Waals surface area contributed by atoms with Gasteiger partial charge in [-0.1, -0.05) is 12.1 Å². The minimum Gasteiger partial charge on any atom is -0.378 e. The summed E-state index contributed by atoms with van der Waals surface area (Å²) < 4.78 is 5.36. The lowest BCUT2D eigenvalue weighted by Crippen LogP contribution is -2.36. The van der Waals surface area contributed by atoms with E-state index in [0.717, 1.165) is 37.8 Å². The van der Waals surface area contributed by atoms with Crippen molar-refractivity contribution in [2.45, 2.75) is 6.54 Å². The third-order valence-corrected chi connectivity index (χ3v) is 3.46. The van der Waals surface area contributed by atoms with E-state index in [0.29, 0.717) is 18.3 Å². The maximum absolute atomic E-state index is 5.88. The van der Waals surface area contributed by atoms with Gasteiger partial charge in [0, 0.05) is 19.3 Å². The maximum atomic E-state index is 5.88. The zero-order valence-corrected chi connectivity index (χ0v) is 15.6. The van der Waals surface area contributed by atoms with Crippen LogP contribution in [0, 0.1) is 0 Å². The van der Waals surface area contributed by atoms with E-state index in [2.05, 4.69) is 25.2 Å². The summed E-state index contributed by atoms with van der Waals surface area (Å²) >= 11 is 0. The number of nitrogens with two attached hydrogens (primary N) is 1. The molecule has 0 radical (unpaired) electrons. The molecule has 128 valence electrons. The second kappa shape index (κ2) is 9.38. The highest BCUT2D eigenvalue weighted by Gasteiger charge is 2.12. The molecule has 0 amide bonds. The van der Waals surface area contributed by atoms with Gasteiger partial charge in [0.1, 0.15) is 11.6 Å². The van der Waals surface area contributed by atoms with Crippen molar-refractivity contribution in [3.8, 4) is 0 Å². The number of hydrogen-bond acceptors (Lipinski definition) is 5. The Balaban J connectivity index is 0.00000208. The Hall–Kier alpha value is -1.94. The standard InChI is InChI=1S/C16H20N6O.HI/c17-16(21-14-5-1-2-7-18-14)19-12-13-4-3-6-15(20-13)22-8-10-23-11-9-22;/h1-7H,8-12H2,(H3,17,18,19,21);1H. The van der Waals surface area contributed by atoms with Crippen LogP contribution in [0.4, 0.5) is 11.6 Å². The number of rotatable bonds is 4. The number of hydrogen-bond donors (Lipinski definition) is 2. The summed E-state index contributed by atoms with van der Waals surface area (Å²) in [6, 6.07) is 11.5. The fourth-order valence-electron chi connectivity index (χ4n) is 2.30. The molecule has 1 aliphatic heterocycles. The number of aliphatic imine (C=N–C) groups is 1. The fourth-order valence-corrected chi connectivity index (χ4v) is 2.30. The monoisotopic (exact) mass is 440 g/mol. The summed E-state index contributed by atoms with van der Waals surface area (Å²) in [4.78, 5) is 15.3. The Labute approximate surface area is 158 Å². The van der Waals surface area contributed by atoms with Crippen LogP contribution in [-0.4, -0.2) is 42.2 Å². The Morgan fingerprint density at radius 2 is 2.04 bits per heavy atom. The van der Waals surface area contributed by atoms with Crippen LogP contribution in [-0.2, 0) is 11.3 Å². The first kappa shape index (κ1) is 18.4. The molecule has 3 N–H and O–H groups in total. The van der Waals surface area contributed by atoms with Crippen LogP contribution in [0.15, 0.2) is 47.6 Å². The molecule has 0 spiro atoms. The molecule has 7 nitrogen and oxygen atoms in total. The molecule has 0 aliphatic carbocycles. The zero-order chi connectivity index (χ0) is 15.9. The van der Waals surface area contributed by atoms with Crippen LogP contribution in [0.1, 0.15) is 5.69 Å². The van der Waals surface area contributed by atoms with Crippen molar-refractivity contribution in [1.29, 1.82) is 0 Å². The van der Waals surface area contributed by atoms with Crippen molar-refractivity contribution in [3.63, 3.8) is 0 Å². The van der Waals surface area contributed by atoms with E-state index in [4.69, 9.17) is 10.5 Å². The van der Waals surface area contributed by atoms with Gasteiger partial charge in [-0.15, -0.1) is 24.0 Å². The molecular formula is C16H21IN6O. The second-order valence-corrected chi connectivity index (χ2v) is 5.13. The fraction of sp³-hybridized carbons (Fsp3) is 0.312. The van der Waals surface area contributed by atoms with Crippen molar-refractivity contribution >= 4 is 41.6 Å². The largest absolute Gasteiger partial charge is 0.378 e. The van der Waals surface area contributed by atoms with Crippen molar-refractivity contribution in [2.75, 3.05) is 36.5 Å². The number of ether oxygens (including phenoxy) is 1. The highest BCUT2D eigenvalue weighted by atomic mass is 127. The predicted molar refractivity (Wildman–Crippen MR) is 106 cm³/mol. The van der Waals surface area contributed by atoms with E-state index in [9.17, 15) is 0 Å². The molecule has 0 aromatic carbocycles. The maximum Gasteiger partial charge on any atom is 0.194 e. The SMILES string of the molecule is I.NC(=NCc1cccc(N2CCOCC2)n1)Nc1ccccn1. The van der Waals surface area contributed by atoms with Gasteiger partial charge in [0.05, 0.1) is 25.5 Å². The number of anilines is 2. The lowest BCUT2D eigenvalue weighted by atomic mass is 10.3. The third-order valence-electron chi connectivity index (χ3n) is 3.46. The van der Waals surface area contributed by atoms with Gasteiger partial charge >= 0.3 is 0 Å². The van der Waals surface area contributed by atoms with Crippen LogP contribution < -0.4 is 16.0 Å². The molecule has 2 aromatic rings. The quantitative estimate of drug-likeness (QED) is 0.429. The number of pyridine rings is 2. The molecule has 8 heteroatoms. The normalized spacial score (nSPS) is 14.8. The molecule has 1 fully saturated rings. The minimum absolute atomic E-state index is 0. The van der Waals surface area contributed by atoms with Crippen LogP contribution in [0.3, 0.4) is 0 Å². The van der Waals surface area contributed by atoms with Crippen LogP contribution in [0.5, 0.6) is 0 Å². The van der Waals surface area contributed by atoms with Crippen molar-refractivity contribution in [2.24, 2.45) is 10.7 Å². The Morgan fingerprint density at radius 3 is 2.79 bits per heavy atom. The summed E-state index contributed by atoms with van der Waals surface area (Å²) in [7, 11) is 0. The van der Waals surface area contributed by atoms with E-state index in [-0.39, 0.29) is 24.0 Å². The van der Waals surface area contributed by atoms with Crippen molar-refractivity contribution < 1.29 is 4.74 Å². The van der Waals surface area contributed by atoms with Gasteiger partial charge in [-0.3, -0.25) is 0 Å². The van der Waals surface area contributed by atoms with Crippen molar-refractivity contribution in [3.05, 3.63) is 48.3 Å². The average Bonchev–Trinajstić information content (AvgIpc) is 2.62. The molecule has 3 heterocycles. The zero-order valence-electron chi connectivity index (χ0n) is 13.3. The molecule has 24 heavy (non-hydrogen) atoms. The lowest BCUT2D eigenvalue weighted by molar-refractivity contribution is 0.122. The lowest BCUT2D eigenvalue weighted by Gasteiger charge is -2.27. The first-order valence-electron chi connectivity index (χ1n) is 7.58. The second-order valence-electron chi connectivity index (χ2n) is 5.13. The van der Waals surface area contributed by atoms with Crippen LogP contribution in [0.2, 0.25) is 0 Å². The molecule has 0 unspecified atom stereocenters. The van der Waals surface area contributed by atoms with Crippen LogP contribution in [0.25, 0.3) is 0 Å². The Bertz CT molecular complexity index is 661. The summed E-state index contributed by atoms with van der Waals surface area (Å²) in [5, 5.41) is 2.95. The third kappa shape index (κ3) is 5.31. The highest BCUT2D eigenvalue weighted by Crippen LogP contribution is 2.13. The van der Waals surface area contributed by atoms with Gasteiger partial charge in [-0.05, 0) is 24.3 Å². The number of guanidine groups is 1. The molecule has 2 aromatic heterocycles. The predicted octanol–water partition coefficient (Wildman–Crippen LogP) is 1.86. The van der Waals surface area contributed by atoms with E-state index in [1.54, 1.807) is 6.20 Å². The number of morpholine rings is 1. The molecule has 1 saturated heterocycles. The number of nitrogens with zero attached hydrogens (tertiary/aromatic N) is 4.